The van der Waals surface area contributed by atoms with E-state index >= 15 is 0 Å². The van der Waals surface area contributed by atoms with Gasteiger partial charge in [-0.3, -0.25) is 9.59 Å². The van der Waals surface area contributed by atoms with Gasteiger partial charge in [0.2, 0.25) is 0 Å². The molecule has 6 nitrogen and oxygen atoms in total. The van der Waals surface area contributed by atoms with Crippen LogP contribution in [-0.2, 0) is 11.2 Å². The van der Waals surface area contributed by atoms with E-state index in [-0.39, 0.29) is 24.0 Å². The predicted octanol–water partition coefficient (Wildman–Crippen LogP) is 2.33. The Morgan fingerprint density at radius 2 is 1.78 bits per heavy atom. The monoisotopic (exact) mass is 368 g/mol. The molecule has 2 aromatic carbocycles. The summed E-state index contributed by atoms with van der Waals surface area (Å²) >= 11 is 0. The molecule has 1 heterocycles. The van der Waals surface area contributed by atoms with Crippen LogP contribution in [0.1, 0.15) is 29.8 Å². The lowest BCUT2D eigenvalue weighted by Crippen LogP contribution is -2.36. The Morgan fingerprint density at radius 3 is 2.56 bits per heavy atom. The highest BCUT2D eigenvalue weighted by Crippen LogP contribution is 2.41. The minimum absolute atomic E-state index is 0.104. The van der Waals surface area contributed by atoms with Gasteiger partial charge in [0, 0.05) is 30.6 Å². The maximum atomic E-state index is 12.0. The average molecular weight is 368 g/mol. The Morgan fingerprint density at radius 1 is 1.04 bits per heavy atom. The zero-order chi connectivity index (χ0) is 19.3. The van der Waals surface area contributed by atoms with Crippen LogP contribution in [0.25, 0.3) is 0 Å². The number of carbonyl (C=O) groups excluding carboxylic acids is 2. The SMILES string of the molecule is CC1(C)Cc2cccc(OCC(=O)NCCNC(=O)c3ccccc3)c2O1. The van der Waals surface area contributed by atoms with Gasteiger partial charge in [-0.15, -0.1) is 0 Å². The van der Waals surface area contributed by atoms with Gasteiger partial charge in [0.1, 0.15) is 5.60 Å². The Kier molecular flexibility index (Phi) is 5.64. The highest BCUT2D eigenvalue weighted by atomic mass is 16.5. The summed E-state index contributed by atoms with van der Waals surface area (Å²) in [7, 11) is 0. The van der Waals surface area contributed by atoms with E-state index in [0.717, 1.165) is 12.0 Å². The third kappa shape index (κ3) is 5.00. The summed E-state index contributed by atoms with van der Waals surface area (Å²) in [6.07, 6.45) is 0.812. The second-order valence-electron chi connectivity index (χ2n) is 7.04. The van der Waals surface area contributed by atoms with Gasteiger partial charge < -0.3 is 20.1 Å². The van der Waals surface area contributed by atoms with Crippen LogP contribution in [0.3, 0.4) is 0 Å². The first-order chi connectivity index (χ1) is 12.9. The standard InChI is InChI=1S/C21H24N2O4/c1-21(2)13-16-9-6-10-17(19(16)27-21)26-14-18(24)22-11-12-23-20(25)15-7-4-3-5-8-15/h3-10H,11-14H2,1-2H3,(H,22,24)(H,23,25). The van der Waals surface area contributed by atoms with Gasteiger partial charge in [-0.1, -0.05) is 30.3 Å². The molecule has 0 fully saturated rings. The van der Waals surface area contributed by atoms with Crippen molar-refractivity contribution >= 4 is 11.8 Å². The molecular weight excluding hydrogens is 344 g/mol. The van der Waals surface area contributed by atoms with Crippen LogP contribution in [0.4, 0.5) is 0 Å². The zero-order valence-corrected chi connectivity index (χ0v) is 15.6. The number of hydrogen-bond donors (Lipinski definition) is 2. The molecule has 2 aromatic rings. The molecule has 27 heavy (non-hydrogen) atoms. The fourth-order valence-electron chi connectivity index (χ4n) is 2.96. The number of carbonyl (C=O) groups is 2. The summed E-state index contributed by atoms with van der Waals surface area (Å²) in [5.41, 5.74) is 1.41. The lowest BCUT2D eigenvalue weighted by Gasteiger charge is -2.18. The van der Waals surface area contributed by atoms with Crippen LogP contribution in [0.5, 0.6) is 11.5 Å². The van der Waals surface area contributed by atoms with Crippen molar-refractivity contribution in [3.8, 4) is 11.5 Å². The fraction of sp³-hybridized carbons (Fsp3) is 0.333. The third-order valence-corrected chi connectivity index (χ3v) is 4.18. The molecule has 0 saturated heterocycles. The summed E-state index contributed by atoms with van der Waals surface area (Å²) in [5.74, 6) is 0.871. The van der Waals surface area contributed by atoms with Crippen molar-refractivity contribution < 1.29 is 19.1 Å². The molecule has 0 spiro atoms. The third-order valence-electron chi connectivity index (χ3n) is 4.18. The Labute approximate surface area is 158 Å². The molecule has 1 aliphatic heterocycles. The molecule has 2 amide bonds. The largest absolute Gasteiger partial charge is 0.483 e. The number of nitrogens with one attached hydrogen (secondary N) is 2. The predicted molar refractivity (Wildman–Crippen MR) is 102 cm³/mol. The van der Waals surface area contributed by atoms with Crippen LogP contribution in [0, 0.1) is 0 Å². The van der Waals surface area contributed by atoms with Gasteiger partial charge in [-0.05, 0) is 32.0 Å². The van der Waals surface area contributed by atoms with E-state index in [1.54, 1.807) is 30.3 Å². The molecule has 3 rings (SSSR count). The molecule has 0 unspecified atom stereocenters. The van der Waals surface area contributed by atoms with Crippen molar-refractivity contribution in [2.75, 3.05) is 19.7 Å². The Bertz CT molecular complexity index is 818. The van der Waals surface area contributed by atoms with Gasteiger partial charge in [-0.2, -0.15) is 0 Å². The number of hydrogen-bond acceptors (Lipinski definition) is 4. The molecule has 0 atom stereocenters. The quantitative estimate of drug-likeness (QED) is 0.736. The van der Waals surface area contributed by atoms with Crippen molar-refractivity contribution in [1.82, 2.24) is 10.6 Å². The molecule has 0 aliphatic carbocycles. The van der Waals surface area contributed by atoms with E-state index in [0.29, 0.717) is 30.2 Å². The molecule has 0 saturated carbocycles. The van der Waals surface area contributed by atoms with Crippen LogP contribution in [0.2, 0.25) is 0 Å². The van der Waals surface area contributed by atoms with Gasteiger partial charge >= 0.3 is 0 Å². The fourth-order valence-corrected chi connectivity index (χ4v) is 2.96. The van der Waals surface area contributed by atoms with E-state index in [2.05, 4.69) is 10.6 Å². The van der Waals surface area contributed by atoms with Gasteiger partial charge in [0.05, 0.1) is 0 Å². The molecule has 1 aliphatic rings. The van der Waals surface area contributed by atoms with Crippen molar-refractivity contribution in [2.24, 2.45) is 0 Å². The van der Waals surface area contributed by atoms with E-state index in [1.807, 2.05) is 32.0 Å². The maximum Gasteiger partial charge on any atom is 0.258 e. The lowest BCUT2D eigenvalue weighted by atomic mass is 10.0. The van der Waals surface area contributed by atoms with Crippen molar-refractivity contribution in [1.29, 1.82) is 0 Å². The summed E-state index contributed by atoms with van der Waals surface area (Å²) in [5, 5.41) is 5.48. The highest BCUT2D eigenvalue weighted by molar-refractivity contribution is 5.94. The molecule has 2 N–H and O–H groups in total. The number of fused-ring (bicyclic) bond motifs is 1. The summed E-state index contributed by atoms with van der Waals surface area (Å²) < 4.78 is 11.5. The van der Waals surface area contributed by atoms with Crippen molar-refractivity contribution in [2.45, 2.75) is 25.9 Å². The van der Waals surface area contributed by atoms with Crippen molar-refractivity contribution in [3.63, 3.8) is 0 Å². The lowest BCUT2D eigenvalue weighted by molar-refractivity contribution is -0.123. The van der Waals surface area contributed by atoms with Gasteiger partial charge in [0.15, 0.2) is 18.1 Å². The minimum Gasteiger partial charge on any atom is -0.483 e. The van der Waals surface area contributed by atoms with Crippen LogP contribution >= 0.6 is 0 Å². The molecule has 6 heteroatoms. The number of para-hydroxylation sites is 1. The smallest absolute Gasteiger partial charge is 0.258 e. The first kappa shape index (κ1) is 18.8. The molecule has 0 radical (unpaired) electrons. The molecule has 142 valence electrons. The van der Waals surface area contributed by atoms with E-state index in [9.17, 15) is 9.59 Å². The first-order valence-electron chi connectivity index (χ1n) is 8.98. The average Bonchev–Trinajstić information content (AvgIpc) is 2.98. The van der Waals surface area contributed by atoms with E-state index in [1.165, 1.54) is 0 Å². The number of rotatable bonds is 7. The highest BCUT2D eigenvalue weighted by Gasteiger charge is 2.32. The van der Waals surface area contributed by atoms with Gasteiger partial charge in [0.25, 0.3) is 11.8 Å². The van der Waals surface area contributed by atoms with E-state index < -0.39 is 0 Å². The normalized spacial score (nSPS) is 14.0. The van der Waals surface area contributed by atoms with Gasteiger partial charge in [-0.25, -0.2) is 0 Å². The maximum absolute atomic E-state index is 12.0. The molecule has 0 aromatic heterocycles. The van der Waals surface area contributed by atoms with E-state index in [4.69, 9.17) is 9.47 Å². The summed E-state index contributed by atoms with van der Waals surface area (Å²) in [6, 6.07) is 14.6. The summed E-state index contributed by atoms with van der Waals surface area (Å²) in [4.78, 5) is 23.9. The number of benzene rings is 2. The minimum atomic E-state index is -0.263. The Hall–Kier alpha value is -3.02. The second kappa shape index (κ2) is 8.12. The summed E-state index contributed by atoms with van der Waals surface area (Å²) in [6.45, 7) is 4.61. The number of amides is 2. The van der Waals surface area contributed by atoms with Crippen LogP contribution in [0.15, 0.2) is 48.5 Å². The topological polar surface area (TPSA) is 76.7 Å². The first-order valence-corrected chi connectivity index (χ1v) is 8.98. The molecule has 0 bridgehead atoms. The van der Waals surface area contributed by atoms with Crippen molar-refractivity contribution in [3.05, 3.63) is 59.7 Å². The van der Waals surface area contributed by atoms with Crippen LogP contribution in [-0.4, -0.2) is 37.1 Å². The number of ether oxygens (including phenoxy) is 2. The molecular formula is C21H24N2O4. The zero-order valence-electron chi connectivity index (χ0n) is 15.6. The second-order valence-corrected chi connectivity index (χ2v) is 7.04. The van der Waals surface area contributed by atoms with Crippen LogP contribution < -0.4 is 20.1 Å². The Balaban J connectivity index is 1.40.